The minimum absolute atomic E-state index is 0.0548. The molecule has 1 atom stereocenters. The van der Waals surface area contributed by atoms with Gasteiger partial charge in [-0.1, -0.05) is 13.8 Å². The zero-order valence-corrected chi connectivity index (χ0v) is 6.93. The molecule has 0 saturated carbocycles. The Labute approximate surface area is 66.1 Å². The molecule has 0 saturated heterocycles. The molecule has 66 valence electrons. The molecule has 0 aromatic carbocycles. The first-order chi connectivity index (χ1) is 5.09. The normalized spacial score (nSPS) is 13.2. The molecule has 11 heavy (non-hydrogen) atoms. The van der Waals surface area contributed by atoms with Crippen LogP contribution in [0.25, 0.3) is 0 Å². The summed E-state index contributed by atoms with van der Waals surface area (Å²) in [6.45, 7) is 3.20. The van der Waals surface area contributed by atoms with Gasteiger partial charge in [-0.2, -0.15) is 0 Å². The van der Waals surface area contributed by atoms with Gasteiger partial charge in [0.15, 0.2) is 0 Å². The molecule has 0 aliphatic rings. The number of halogens is 1. The fourth-order valence-electron chi connectivity index (χ4n) is 0.591. The molecule has 1 amide bonds. The predicted octanol–water partition coefficient (Wildman–Crippen LogP) is 0.0554. The first-order valence-corrected chi connectivity index (χ1v) is 3.68. The summed E-state index contributed by atoms with van der Waals surface area (Å²) in [7, 11) is 0. The fourth-order valence-corrected chi connectivity index (χ4v) is 0.591. The van der Waals surface area contributed by atoms with Gasteiger partial charge >= 0.3 is 0 Å². The highest BCUT2D eigenvalue weighted by Crippen LogP contribution is 1.96. The molecule has 0 aromatic rings. The van der Waals surface area contributed by atoms with E-state index < -0.39 is 12.7 Å². The Bertz CT molecular complexity index is 128. The molecule has 0 aliphatic heterocycles. The number of carbonyl (C=O) groups is 1. The van der Waals surface area contributed by atoms with Gasteiger partial charge in [0.2, 0.25) is 5.91 Å². The summed E-state index contributed by atoms with van der Waals surface area (Å²) in [6, 6.07) is -0.526. The van der Waals surface area contributed by atoms with Gasteiger partial charge in [0.25, 0.3) is 0 Å². The van der Waals surface area contributed by atoms with E-state index in [0.717, 1.165) is 0 Å². The minimum atomic E-state index is -0.545. The molecular formula is C7H15FN2O. The van der Waals surface area contributed by atoms with E-state index in [2.05, 4.69) is 5.32 Å². The Morgan fingerprint density at radius 1 is 1.64 bits per heavy atom. The van der Waals surface area contributed by atoms with Gasteiger partial charge in [-0.25, -0.2) is 4.39 Å². The summed E-state index contributed by atoms with van der Waals surface area (Å²) in [5.41, 5.74) is 5.47. The van der Waals surface area contributed by atoms with E-state index in [9.17, 15) is 9.18 Å². The summed E-state index contributed by atoms with van der Waals surface area (Å²) in [5, 5.41) is 2.37. The van der Waals surface area contributed by atoms with Gasteiger partial charge in [0, 0.05) is 6.54 Å². The second kappa shape index (κ2) is 5.07. The monoisotopic (exact) mass is 162 g/mol. The topological polar surface area (TPSA) is 55.1 Å². The Morgan fingerprint density at radius 2 is 2.18 bits per heavy atom. The number of hydrogen-bond acceptors (Lipinski definition) is 2. The third-order valence-electron chi connectivity index (χ3n) is 1.41. The van der Waals surface area contributed by atoms with E-state index in [-0.39, 0.29) is 18.4 Å². The number of rotatable bonds is 4. The van der Waals surface area contributed by atoms with Gasteiger partial charge in [0.1, 0.15) is 6.67 Å². The van der Waals surface area contributed by atoms with E-state index in [4.69, 9.17) is 5.73 Å². The third kappa shape index (κ3) is 3.93. The molecule has 0 heterocycles. The molecule has 0 radical (unpaired) electrons. The maximum Gasteiger partial charge on any atom is 0.237 e. The molecule has 0 fully saturated rings. The van der Waals surface area contributed by atoms with Crippen molar-refractivity contribution in [1.29, 1.82) is 0 Å². The Morgan fingerprint density at radius 3 is 2.55 bits per heavy atom. The average molecular weight is 162 g/mol. The van der Waals surface area contributed by atoms with E-state index in [1.807, 2.05) is 13.8 Å². The molecule has 3 N–H and O–H groups in total. The Hall–Kier alpha value is -0.640. The first-order valence-electron chi connectivity index (χ1n) is 3.68. The highest BCUT2D eigenvalue weighted by Gasteiger charge is 2.15. The number of alkyl halides is 1. The smallest absolute Gasteiger partial charge is 0.237 e. The lowest BCUT2D eigenvalue weighted by Crippen LogP contribution is -2.44. The van der Waals surface area contributed by atoms with Crippen molar-refractivity contribution in [2.24, 2.45) is 11.7 Å². The Balaban J connectivity index is 3.64. The second-order valence-corrected chi connectivity index (χ2v) is 2.75. The van der Waals surface area contributed by atoms with Crippen LogP contribution in [-0.4, -0.2) is 25.2 Å². The van der Waals surface area contributed by atoms with Gasteiger partial charge in [-0.15, -0.1) is 0 Å². The molecule has 3 nitrogen and oxygen atoms in total. The summed E-state index contributed by atoms with van der Waals surface area (Å²) in [5.74, 6) is -0.188. The second-order valence-electron chi connectivity index (χ2n) is 2.75. The van der Waals surface area contributed by atoms with Crippen LogP contribution < -0.4 is 11.1 Å². The van der Waals surface area contributed by atoms with Crippen LogP contribution in [0.2, 0.25) is 0 Å². The summed E-state index contributed by atoms with van der Waals surface area (Å²) in [6.07, 6.45) is 0. The predicted molar refractivity (Wildman–Crippen MR) is 41.8 cm³/mol. The van der Waals surface area contributed by atoms with Crippen LogP contribution in [0.1, 0.15) is 13.8 Å². The maximum atomic E-state index is 11.6. The van der Waals surface area contributed by atoms with Gasteiger partial charge in [0.05, 0.1) is 6.04 Å². The molecular weight excluding hydrogens is 147 g/mol. The highest BCUT2D eigenvalue weighted by molar-refractivity contribution is 5.81. The lowest BCUT2D eigenvalue weighted by Gasteiger charge is -2.14. The number of nitrogens with one attached hydrogen (secondary N) is 1. The standard InChI is InChI=1S/C7H15FN2O/c1-5(2)6(9)7(11)10-4-3-8/h5-6H,3-4,9H2,1-2H3,(H,10,11). The van der Waals surface area contributed by atoms with Crippen molar-refractivity contribution in [2.75, 3.05) is 13.2 Å². The van der Waals surface area contributed by atoms with Crippen molar-refractivity contribution in [3.05, 3.63) is 0 Å². The van der Waals surface area contributed by atoms with Gasteiger partial charge in [-0.3, -0.25) is 4.79 Å². The SMILES string of the molecule is CC(C)C(N)C(=O)NCCF. The number of hydrogen-bond donors (Lipinski definition) is 2. The zero-order chi connectivity index (χ0) is 8.85. The molecule has 0 spiro atoms. The van der Waals surface area contributed by atoms with Crippen molar-refractivity contribution < 1.29 is 9.18 Å². The van der Waals surface area contributed by atoms with Crippen LogP contribution in [0.4, 0.5) is 4.39 Å². The fraction of sp³-hybridized carbons (Fsp3) is 0.857. The van der Waals surface area contributed by atoms with Gasteiger partial charge < -0.3 is 11.1 Å². The molecule has 1 unspecified atom stereocenters. The lowest BCUT2D eigenvalue weighted by atomic mass is 10.1. The van der Waals surface area contributed by atoms with Crippen LogP contribution >= 0.6 is 0 Å². The van der Waals surface area contributed by atoms with Crippen LogP contribution in [0.15, 0.2) is 0 Å². The maximum absolute atomic E-state index is 11.6. The van der Waals surface area contributed by atoms with E-state index in [1.165, 1.54) is 0 Å². The van der Waals surface area contributed by atoms with Crippen molar-refractivity contribution >= 4 is 5.91 Å². The average Bonchev–Trinajstić information content (AvgIpc) is 1.98. The first kappa shape index (κ1) is 10.4. The van der Waals surface area contributed by atoms with Crippen LogP contribution in [0.3, 0.4) is 0 Å². The number of amides is 1. The summed E-state index contributed by atoms with van der Waals surface area (Å²) < 4.78 is 11.6. The zero-order valence-electron chi connectivity index (χ0n) is 6.93. The molecule has 4 heteroatoms. The minimum Gasteiger partial charge on any atom is -0.352 e. The largest absolute Gasteiger partial charge is 0.352 e. The van der Waals surface area contributed by atoms with Crippen LogP contribution in [-0.2, 0) is 4.79 Å². The molecule has 0 aliphatic carbocycles. The number of carbonyl (C=O) groups excluding carboxylic acids is 1. The van der Waals surface area contributed by atoms with Crippen LogP contribution in [0, 0.1) is 5.92 Å². The van der Waals surface area contributed by atoms with Crippen LogP contribution in [0.5, 0.6) is 0 Å². The quantitative estimate of drug-likeness (QED) is 0.614. The lowest BCUT2D eigenvalue weighted by molar-refractivity contribution is -0.123. The Kier molecular flexibility index (Phi) is 4.77. The highest BCUT2D eigenvalue weighted by atomic mass is 19.1. The summed E-state index contributed by atoms with van der Waals surface area (Å²) >= 11 is 0. The molecule has 0 bridgehead atoms. The third-order valence-corrected chi connectivity index (χ3v) is 1.41. The van der Waals surface area contributed by atoms with Crippen molar-refractivity contribution in [3.8, 4) is 0 Å². The molecule has 0 aromatic heterocycles. The summed E-state index contributed by atoms with van der Waals surface area (Å²) in [4.78, 5) is 10.9. The van der Waals surface area contributed by atoms with Crippen molar-refractivity contribution in [3.63, 3.8) is 0 Å². The van der Waals surface area contributed by atoms with E-state index in [1.54, 1.807) is 0 Å². The van der Waals surface area contributed by atoms with Crippen molar-refractivity contribution in [2.45, 2.75) is 19.9 Å². The molecule has 0 rings (SSSR count). The van der Waals surface area contributed by atoms with E-state index >= 15 is 0 Å². The van der Waals surface area contributed by atoms with E-state index in [0.29, 0.717) is 0 Å². The van der Waals surface area contributed by atoms with Crippen molar-refractivity contribution in [1.82, 2.24) is 5.32 Å². The number of nitrogens with two attached hydrogens (primary N) is 1. The van der Waals surface area contributed by atoms with Gasteiger partial charge in [-0.05, 0) is 5.92 Å².